The molecule has 0 heterocycles. The second-order valence-electron chi connectivity index (χ2n) is 6.69. The molecule has 4 unspecified atom stereocenters. The zero-order valence-electron chi connectivity index (χ0n) is 11.0. The summed E-state index contributed by atoms with van der Waals surface area (Å²) in [6, 6.07) is 0. The maximum Gasteiger partial charge on any atom is 0.223 e. The van der Waals surface area contributed by atoms with Gasteiger partial charge in [0.1, 0.15) is 0 Å². The van der Waals surface area contributed by atoms with Crippen LogP contribution in [0.15, 0.2) is 0 Å². The Balaban J connectivity index is 1.42. The van der Waals surface area contributed by atoms with Gasteiger partial charge in [0.05, 0.1) is 0 Å². The van der Waals surface area contributed by atoms with Crippen LogP contribution >= 0.6 is 0 Å². The molecule has 3 aliphatic rings. The molecule has 2 nitrogen and oxygen atoms in total. The topological polar surface area (TPSA) is 29.1 Å². The molecule has 3 saturated carbocycles. The standard InChI is InChI=1S/C15H25NO/c1-10-4-2-3-5-11(10)9-16-15(17)14-7-12-6-13(12)8-14/h10-14H,2-9H2,1H3,(H,16,17). The molecule has 1 amide bonds. The Morgan fingerprint density at radius 3 is 2.53 bits per heavy atom. The Morgan fingerprint density at radius 2 is 1.82 bits per heavy atom. The molecule has 0 aromatic rings. The minimum atomic E-state index is 0.356. The van der Waals surface area contributed by atoms with E-state index in [4.69, 9.17) is 0 Å². The van der Waals surface area contributed by atoms with Crippen LogP contribution < -0.4 is 5.32 Å². The smallest absolute Gasteiger partial charge is 0.223 e. The predicted octanol–water partition coefficient (Wildman–Crippen LogP) is 2.98. The number of fused-ring (bicyclic) bond motifs is 1. The number of amides is 1. The van der Waals surface area contributed by atoms with Crippen LogP contribution in [-0.2, 0) is 4.79 Å². The van der Waals surface area contributed by atoms with Crippen molar-refractivity contribution in [3.05, 3.63) is 0 Å². The van der Waals surface area contributed by atoms with Gasteiger partial charge in [0.2, 0.25) is 5.91 Å². The van der Waals surface area contributed by atoms with Crippen molar-refractivity contribution in [2.75, 3.05) is 6.54 Å². The van der Waals surface area contributed by atoms with E-state index in [1.54, 1.807) is 0 Å². The number of rotatable bonds is 3. The molecule has 96 valence electrons. The summed E-state index contributed by atoms with van der Waals surface area (Å²) in [5.41, 5.74) is 0. The van der Waals surface area contributed by atoms with Crippen molar-refractivity contribution in [1.82, 2.24) is 5.32 Å². The fourth-order valence-electron chi connectivity index (χ4n) is 4.00. The Bertz CT molecular complexity index is 291. The van der Waals surface area contributed by atoms with Gasteiger partial charge in [0.25, 0.3) is 0 Å². The van der Waals surface area contributed by atoms with E-state index in [1.165, 1.54) is 44.9 Å². The molecule has 0 aromatic heterocycles. The quantitative estimate of drug-likeness (QED) is 0.800. The average molecular weight is 235 g/mol. The molecule has 0 spiro atoms. The van der Waals surface area contributed by atoms with Gasteiger partial charge < -0.3 is 5.32 Å². The Kier molecular flexibility index (Phi) is 3.14. The summed E-state index contributed by atoms with van der Waals surface area (Å²) in [7, 11) is 0. The lowest BCUT2D eigenvalue weighted by atomic mass is 9.80. The summed E-state index contributed by atoms with van der Waals surface area (Å²) >= 11 is 0. The number of carbonyl (C=O) groups is 1. The molecule has 0 radical (unpaired) electrons. The molecular weight excluding hydrogens is 210 g/mol. The van der Waals surface area contributed by atoms with Crippen LogP contribution in [0.4, 0.5) is 0 Å². The lowest BCUT2D eigenvalue weighted by molar-refractivity contribution is -0.125. The van der Waals surface area contributed by atoms with Gasteiger partial charge in [-0.3, -0.25) is 4.79 Å². The first-order chi connectivity index (χ1) is 8.24. The Morgan fingerprint density at radius 1 is 1.12 bits per heavy atom. The largest absolute Gasteiger partial charge is 0.356 e. The number of hydrogen-bond acceptors (Lipinski definition) is 1. The van der Waals surface area contributed by atoms with E-state index in [0.717, 1.165) is 30.2 Å². The van der Waals surface area contributed by atoms with Crippen molar-refractivity contribution in [3.63, 3.8) is 0 Å². The fraction of sp³-hybridized carbons (Fsp3) is 0.933. The zero-order chi connectivity index (χ0) is 11.8. The second-order valence-corrected chi connectivity index (χ2v) is 6.69. The van der Waals surface area contributed by atoms with Crippen LogP contribution in [0.5, 0.6) is 0 Å². The molecule has 2 heteroatoms. The predicted molar refractivity (Wildman–Crippen MR) is 68.5 cm³/mol. The molecule has 17 heavy (non-hydrogen) atoms. The molecule has 0 aromatic carbocycles. The summed E-state index contributed by atoms with van der Waals surface area (Å²) in [5, 5.41) is 3.23. The number of hydrogen-bond donors (Lipinski definition) is 1. The minimum absolute atomic E-state index is 0.356. The third-order valence-corrected chi connectivity index (χ3v) is 5.44. The van der Waals surface area contributed by atoms with Gasteiger partial charge in [-0.2, -0.15) is 0 Å². The maximum atomic E-state index is 12.0. The van der Waals surface area contributed by atoms with E-state index < -0.39 is 0 Å². The summed E-state index contributed by atoms with van der Waals surface area (Å²) in [5.74, 6) is 4.09. The summed E-state index contributed by atoms with van der Waals surface area (Å²) < 4.78 is 0. The highest BCUT2D eigenvalue weighted by atomic mass is 16.1. The molecular formula is C15H25NO. The van der Waals surface area contributed by atoms with E-state index in [0.29, 0.717) is 11.8 Å². The van der Waals surface area contributed by atoms with Gasteiger partial charge in [-0.05, 0) is 49.4 Å². The van der Waals surface area contributed by atoms with E-state index in [2.05, 4.69) is 12.2 Å². The van der Waals surface area contributed by atoms with Crippen molar-refractivity contribution in [2.45, 2.75) is 51.9 Å². The van der Waals surface area contributed by atoms with Gasteiger partial charge in [-0.25, -0.2) is 0 Å². The third-order valence-electron chi connectivity index (χ3n) is 5.44. The van der Waals surface area contributed by atoms with E-state index in [-0.39, 0.29) is 0 Å². The first kappa shape index (κ1) is 11.6. The summed E-state index contributed by atoms with van der Waals surface area (Å²) in [6.07, 6.45) is 9.18. The molecule has 1 N–H and O–H groups in total. The number of nitrogens with one attached hydrogen (secondary N) is 1. The molecule has 0 aliphatic heterocycles. The van der Waals surface area contributed by atoms with Crippen LogP contribution in [0.25, 0.3) is 0 Å². The molecule has 0 saturated heterocycles. The summed E-state index contributed by atoms with van der Waals surface area (Å²) in [4.78, 5) is 12.0. The molecule has 4 atom stereocenters. The molecule has 3 fully saturated rings. The van der Waals surface area contributed by atoms with E-state index in [1.807, 2.05) is 0 Å². The third kappa shape index (κ3) is 2.51. The van der Waals surface area contributed by atoms with Crippen LogP contribution in [0.1, 0.15) is 51.9 Å². The Labute approximate surface area is 105 Å². The SMILES string of the molecule is CC1CCCCC1CNC(=O)C1CC2CC2C1. The first-order valence-corrected chi connectivity index (χ1v) is 7.51. The average Bonchev–Trinajstić information content (AvgIpc) is 2.95. The van der Waals surface area contributed by atoms with Gasteiger partial charge in [-0.1, -0.05) is 26.2 Å². The lowest BCUT2D eigenvalue weighted by Crippen LogP contribution is -2.36. The van der Waals surface area contributed by atoms with Crippen molar-refractivity contribution in [3.8, 4) is 0 Å². The fourth-order valence-corrected chi connectivity index (χ4v) is 4.00. The second kappa shape index (κ2) is 4.62. The minimum Gasteiger partial charge on any atom is -0.356 e. The zero-order valence-corrected chi connectivity index (χ0v) is 11.0. The van der Waals surface area contributed by atoms with Gasteiger partial charge >= 0.3 is 0 Å². The van der Waals surface area contributed by atoms with Crippen molar-refractivity contribution in [2.24, 2.45) is 29.6 Å². The van der Waals surface area contributed by atoms with E-state index in [9.17, 15) is 4.79 Å². The van der Waals surface area contributed by atoms with Gasteiger partial charge in [0, 0.05) is 12.5 Å². The van der Waals surface area contributed by atoms with Gasteiger partial charge in [-0.15, -0.1) is 0 Å². The van der Waals surface area contributed by atoms with E-state index >= 15 is 0 Å². The highest BCUT2D eigenvalue weighted by Gasteiger charge is 2.47. The Hall–Kier alpha value is -0.530. The normalized spacial score (nSPS) is 44.2. The molecule has 0 bridgehead atoms. The highest BCUT2D eigenvalue weighted by Crippen LogP contribution is 2.54. The highest BCUT2D eigenvalue weighted by molar-refractivity contribution is 5.79. The van der Waals surface area contributed by atoms with Crippen molar-refractivity contribution >= 4 is 5.91 Å². The van der Waals surface area contributed by atoms with Crippen LogP contribution in [0, 0.1) is 29.6 Å². The monoisotopic (exact) mass is 235 g/mol. The van der Waals surface area contributed by atoms with Crippen LogP contribution in [0.2, 0.25) is 0 Å². The summed E-state index contributed by atoms with van der Waals surface area (Å²) in [6.45, 7) is 3.28. The van der Waals surface area contributed by atoms with Crippen molar-refractivity contribution in [1.29, 1.82) is 0 Å². The number of carbonyl (C=O) groups excluding carboxylic acids is 1. The first-order valence-electron chi connectivity index (χ1n) is 7.51. The van der Waals surface area contributed by atoms with Crippen LogP contribution in [0.3, 0.4) is 0 Å². The molecule has 3 aliphatic carbocycles. The lowest BCUT2D eigenvalue weighted by Gasteiger charge is -2.29. The van der Waals surface area contributed by atoms with Crippen LogP contribution in [-0.4, -0.2) is 12.5 Å². The maximum absolute atomic E-state index is 12.0. The van der Waals surface area contributed by atoms with Gasteiger partial charge in [0.15, 0.2) is 0 Å². The van der Waals surface area contributed by atoms with Crippen molar-refractivity contribution < 1.29 is 4.79 Å². The molecule has 3 rings (SSSR count).